The summed E-state index contributed by atoms with van der Waals surface area (Å²) in [6.07, 6.45) is 3.31. The Bertz CT molecular complexity index is 1260. The van der Waals surface area contributed by atoms with Crippen LogP contribution in [0.1, 0.15) is 38.3 Å². The van der Waals surface area contributed by atoms with Gasteiger partial charge < -0.3 is 35.5 Å². The number of H-pyrrole nitrogens is 1. The standard InChI is InChI=1S/C27H34FN7O4/c1-27(25(37)30-10-2-14-36)15-38-24(39-16-27)23-34-21(17-3-5-18(28)6-4-17)22(35-23)20-9-13-31-26(33-20)32-19-7-11-29-12-8-19/h3-6,9,13,19,24,29,36H,2,7-8,10-12,14-16H2,1H3,(H,30,37)(H,34,35)(H,31,32,33). The predicted octanol–water partition coefficient (Wildman–Crippen LogP) is 2.39. The molecule has 0 radical (unpaired) electrons. The number of carbonyl (C=O) groups excluding carboxylic acids is 1. The minimum atomic E-state index is -0.872. The van der Waals surface area contributed by atoms with Crippen molar-refractivity contribution in [3.05, 3.63) is 48.2 Å². The Balaban J connectivity index is 1.38. The molecule has 5 rings (SSSR count). The van der Waals surface area contributed by atoms with Gasteiger partial charge in [-0.3, -0.25) is 4.79 Å². The normalized spacial score (nSPS) is 22.0. The zero-order valence-corrected chi connectivity index (χ0v) is 21.9. The topological polar surface area (TPSA) is 146 Å². The minimum absolute atomic E-state index is 0.00519. The monoisotopic (exact) mass is 539 g/mol. The van der Waals surface area contributed by atoms with E-state index in [0.29, 0.717) is 47.4 Å². The molecule has 39 heavy (non-hydrogen) atoms. The Kier molecular flexibility index (Phi) is 8.46. The number of piperidine rings is 1. The molecule has 2 aromatic heterocycles. The molecule has 1 amide bonds. The molecule has 2 aliphatic rings. The lowest BCUT2D eigenvalue weighted by Gasteiger charge is -2.35. The molecule has 12 heteroatoms. The van der Waals surface area contributed by atoms with E-state index in [1.807, 2.05) is 0 Å². The SMILES string of the molecule is CC1(C(=O)NCCCO)COC(c2nc(-c3ccc(F)cc3)c(-c3ccnc(NC4CCNCC4)n3)[nH]2)OC1. The molecule has 1 aromatic carbocycles. The highest BCUT2D eigenvalue weighted by molar-refractivity contribution is 5.82. The summed E-state index contributed by atoms with van der Waals surface area (Å²) in [4.78, 5) is 29.8. The molecular formula is C27H34FN7O4. The fourth-order valence-electron chi connectivity index (χ4n) is 4.61. The molecule has 2 fully saturated rings. The lowest BCUT2D eigenvalue weighted by atomic mass is 9.91. The number of halogens is 1. The summed E-state index contributed by atoms with van der Waals surface area (Å²) in [5, 5.41) is 18.5. The predicted molar refractivity (Wildman–Crippen MR) is 142 cm³/mol. The molecule has 2 aliphatic heterocycles. The van der Waals surface area contributed by atoms with E-state index in [1.54, 1.807) is 31.3 Å². The molecule has 0 saturated carbocycles. The van der Waals surface area contributed by atoms with Crippen LogP contribution in [0.5, 0.6) is 0 Å². The van der Waals surface area contributed by atoms with E-state index in [1.165, 1.54) is 12.1 Å². The number of nitrogens with zero attached hydrogens (tertiary/aromatic N) is 3. The van der Waals surface area contributed by atoms with Crippen molar-refractivity contribution in [1.82, 2.24) is 30.6 Å². The highest BCUT2D eigenvalue weighted by Crippen LogP contribution is 2.35. The van der Waals surface area contributed by atoms with Gasteiger partial charge in [0.15, 0.2) is 5.82 Å². The number of aliphatic hydroxyl groups is 1. The number of amides is 1. The number of benzene rings is 1. The van der Waals surface area contributed by atoms with Gasteiger partial charge in [0.25, 0.3) is 0 Å². The van der Waals surface area contributed by atoms with Gasteiger partial charge in [-0.15, -0.1) is 0 Å². The van der Waals surface area contributed by atoms with Gasteiger partial charge >= 0.3 is 0 Å². The smallest absolute Gasteiger partial charge is 0.230 e. The van der Waals surface area contributed by atoms with Crippen molar-refractivity contribution in [3.8, 4) is 22.6 Å². The van der Waals surface area contributed by atoms with Crippen molar-refractivity contribution in [1.29, 1.82) is 0 Å². The average Bonchev–Trinajstić information content (AvgIpc) is 3.40. The number of anilines is 1. The van der Waals surface area contributed by atoms with Gasteiger partial charge in [-0.2, -0.15) is 0 Å². The first kappa shape index (κ1) is 27.1. The van der Waals surface area contributed by atoms with Crippen molar-refractivity contribution in [2.24, 2.45) is 5.41 Å². The van der Waals surface area contributed by atoms with Gasteiger partial charge in [0.1, 0.15) is 5.82 Å². The van der Waals surface area contributed by atoms with Crippen molar-refractivity contribution in [3.63, 3.8) is 0 Å². The number of aliphatic hydroxyl groups excluding tert-OH is 1. The van der Waals surface area contributed by atoms with Gasteiger partial charge in [0.2, 0.25) is 18.1 Å². The van der Waals surface area contributed by atoms with E-state index in [-0.39, 0.29) is 37.6 Å². The number of rotatable bonds is 9. The second kappa shape index (κ2) is 12.2. The summed E-state index contributed by atoms with van der Waals surface area (Å²) in [5.74, 6) is 0.394. The van der Waals surface area contributed by atoms with E-state index >= 15 is 0 Å². The third-order valence-corrected chi connectivity index (χ3v) is 6.92. The largest absolute Gasteiger partial charge is 0.396 e. The molecule has 3 aromatic rings. The number of aromatic amines is 1. The molecular weight excluding hydrogens is 505 g/mol. The summed E-state index contributed by atoms with van der Waals surface area (Å²) < 4.78 is 25.6. The molecule has 5 N–H and O–H groups in total. The number of carbonyl (C=O) groups is 1. The van der Waals surface area contributed by atoms with Crippen LogP contribution in [0.2, 0.25) is 0 Å². The molecule has 208 valence electrons. The first-order valence-electron chi connectivity index (χ1n) is 13.2. The van der Waals surface area contributed by atoms with E-state index in [2.05, 4.69) is 25.9 Å². The summed E-state index contributed by atoms with van der Waals surface area (Å²) in [6.45, 7) is 4.30. The summed E-state index contributed by atoms with van der Waals surface area (Å²) in [5.41, 5.74) is 1.63. The Morgan fingerprint density at radius 2 is 1.90 bits per heavy atom. The van der Waals surface area contributed by atoms with Gasteiger partial charge in [0, 0.05) is 31.0 Å². The Morgan fingerprint density at radius 3 is 2.62 bits per heavy atom. The molecule has 0 spiro atoms. The van der Waals surface area contributed by atoms with E-state index in [4.69, 9.17) is 24.5 Å². The number of hydrogen-bond acceptors (Lipinski definition) is 9. The zero-order chi connectivity index (χ0) is 27.2. The Morgan fingerprint density at radius 1 is 1.15 bits per heavy atom. The molecule has 11 nitrogen and oxygen atoms in total. The molecule has 0 atom stereocenters. The third kappa shape index (κ3) is 6.41. The molecule has 0 bridgehead atoms. The highest BCUT2D eigenvalue weighted by Gasteiger charge is 2.40. The Hall–Kier alpha value is -3.45. The van der Waals surface area contributed by atoms with Crippen LogP contribution in [0.25, 0.3) is 22.6 Å². The zero-order valence-electron chi connectivity index (χ0n) is 21.9. The molecule has 4 heterocycles. The second-order valence-electron chi connectivity index (χ2n) is 10.1. The number of nitrogens with one attached hydrogen (secondary N) is 4. The summed E-state index contributed by atoms with van der Waals surface area (Å²) in [6, 6.07) is 8.15. The lowest BCUT2D eigenvalue weighted by molar-refractivity contribution is -0.231. The quantitative estimate of drug-likeness (QED) is 0.259. The van der Waals surface area contributed by atoms with Crippen LogP contribution in [-0.4, -0.2) is 76.4 Å². The second-order valence-corrected chi connectivity index (χ2v) is 10.1. The number of hydrogen-bond donors (Lipinski definition) is 5. The van der Waals surface area contributed by atoms with Crippen molar-refractivity contribution in [2.75, 3.05) is 44.8 Å². The lowest BCUT2D eigenvalue weighted by Crippen LogP contribution is -2.48. The van der Waals surface area contributed by atoms with E-state index in [9.17, 15) is 9.18 Å². The van der Waals surface area contributed by atoms with Gasteiger partial charge in [0.05, 0.1) is 35.7 Å². The van der Waals surface area contributed by atoms with Gasteiger partial charge in [-0.25, -0.2) is 19.3 Å². The Labute approximate surface area is 226 Å². The van der Waals surface area contributed by atoms with Crippen LogP contribution in [0.15, 0.2) is 36.5 Å². The maximum absolute atomic E-state index is 13.7. The highest BCUT2D eigenvalue weighted by atomic mass is 19.1. The fourth-order valence-corrected chi connectivity index (χ4v) is 4.61. The van der Waals surface area contributed by atoms with Gasteiger partial charge in [-0.1, -0.05) is 0 Å². The van der Waals surface area contributed by atoms with Crippen molar-refractivity contribution >= 4 is 11.9 Å². The van der Waals surface area contributed by atoms with Crippen LogP contribution in [0.4, 0.5) is 10.3 Å². The van der Waals surface area contributed by atoms with Crippen molar-refractivity contribution < 1.29 is 23.8 Å². The number of aromatic nitrogens is 4. The fraction of sp³-hybridized carbons (Fsp3) is 0.481. The average molecular weight is 540 g/mol. The first-order valence-corrected chi connectivity index (χ1v) is 13.2. The third-order valence-electron chi connectivity index (χ3n) is 6.92. The summed E-state index contributed by atoms with van der Waals surface area (Å²) in [7, 11) is 0. The number of ether oxygens (including phenoxy) is 2. The summed E-state index contributed by atoms with van der Waals surface area (Å²) >= 11 is 0. The van der Waals surface area contributed by atoms with Crippen LogP contribution < -0.4 is 16.0 Å². The van der Waals surface area contributed by atoms with Crippen LogP contribution in [0, 0.1) is 11.2 Å². The van der Waals surface area contributed by atoms with Crippen LogP contribution in [0.3, 0.4) is 0 Å². The maximum atomic E-state index is 13.7. The molecule has 2 saturated heterocycles. The first-order chi connectivity index (χ1) is 18.9. The van der Waals surface area contributed by atoms with Crippen LogP contribution >= 0.6 is 0 Å². The maximum Gasteiger partial charge on any atom is 0.230 e. The van der Waals surface area contributed by atoms with Crippen molar-refractivity contribution in [2.45, 2.75) is 38.5 Å². The number of imidazole rings is 1. The van der Waals surface area contributed by atoms with Gasteiger partial charge in [-0.05, 0) is 69.6 Å². The van der Waals surface area contributed by atoms with E-state index < -0.39 is 11.7 Å². The van der Waals surface area contributed by atoms with Crippen LogP contribution in [-0.2, 0) is 14.3 Å². The molecule has 0 aliphatic carbocycles. The molecule has 0 unspecified atom stereocenters. The minimum Gasteiger partial charge on any atom is -0.396 e. The van der Waals surface area contributed by atoms with E-state index in [0.717, 1.165) is 25.9 Å².